The van der Waals surface area contributed by atoms with Crippen LogP contribution in [-0.2, 0) is 28.7 Å². The highest BCUT2D eigenvalue weighted by molar-refractivity contribution is 6.01. The van der Waals surface area contributed by atoms with Gasteiger partial charge in [0.1, 0.15) is 11.5 Å². The fourth-order valence-corrected chi connectivity index (χ4v) is 9.64. The van der Waals surface area contributed by atoms with Crippen molar-refractivity contribution in [2.75, 3.05) is 37.1 Å². The molecule has 1 fully saturated rings. The normalized spacial score (nSPS) is 15.0. The predicted molar refractivity (Wildman–Crippen MR) is 318 cm³/mol. The molecule has 0 bridgehead atoms. The molecule has 6 aromatic rings. The first-order valence-corrected chi connectivity index (χ1v) is 28.1. The van der Waals surface area contributed by atoms with Gasteiger partial charge in [-0.15, -0.1) is 0 Å². The Bertz CT molecular complexity index is 2870. The van der Waals surface area contributed by atoms with Crippen molar-refractivity contribution in [1.82, 2.24) is 0 Å². The van der Waals surface area contributed by atoms with Crippen molar-refractivity contribution >= 4 is 35.1 Å². The standard InChI is InChI=1S/C70H74N2O8/c1-51(2)69(75)79-49-21-11-7-5-9-19-47-77-61-43-35-57(36-44-61)63-65(67(73)71-59-39-31-55(32-40-59)29-27-53-23-15-13-16-24-53)64(66(63)68(74)72-60-41-33-56(34-42-60)30-28-54-25-17-14-18-26-54)58-37-45-62(46-38-58)78-48-20-10-6-8-12-22-50-80-70(76)52(3)4/h13-18,23-26,31-46,63-66H,1,3,5-12,19-22,47-50H2,2,4H3,(H,71,73)(H,72,74). The topological polar surface area (TPSA) is 129 Å². The van der Waals surface area contributed by atoms with Gasteiger partial charge in [-0.3, -0.25) is 9.59 Å². The molecule has 0 spiro atoms. The van der Waals surface area contributed by atoms with Crippen molar-refractivity contribution in [1.29, 1.82) is 0 Å². The molecule has 1 aliphatic rings. The second kappa shape index (κ2) is 31.7. The maximum absolute atomic E-state index is 14.9. The number of hydrogen-bond donors (Lipinski definition) is 2. The van der Waals surface area contributed by atoms with Crippen LogP contribution in [0, 0.1) is 35.5 Å². The van der Waals surface area contributed by atoms with Crippen LogP contribution in [0.2, 0.25) is 0 Å². The molecule has 0 saturated heterocycles. The summed E-state index contributed by atoms with van der Waals surface area (Å²) in [5, 5.41) is 6.43. The van der Waals surface area contributed by atoms with Crippen molar-refractivity contribution in [2.45, 2.75) is 103 Å². The number of carbonyl (C=O) groups excluding carboxylic acids is 4. The maximum Gasteiger partial charge on any atom is 0.333 e. The van der Waals surface area contributed by atoms with Crippen molar-refractivity contribution in [3.63, 3.8) is 0 Å². The molecule has 412 valence electrons. The van der Waals surface area contributed by atoms with Crippen LogP contribution in [0.1, 0.15) is 136 Å². The summed E-state index contributed by atoms with van der Waals surface area (Å²) in [6.07, 6.45) is 11.7. The third kappa shape index (κ3) is 18.8. The average Bonchev–Trinajstić information content (AvgIpc) is 3.63. The van der Waals surface area contributed by atoms with E-state index in [9.17, 15) is 19.2 Å². The van der Waals surface area contributed by atoms with Crippen LogP contribution in [0.15, 0.2) is 182 Å². The first-order chi connectivity index (χ1) is 39.0. The lowest BCUT2D eigenvalue weighted by Gasteiger charge is -2.50. The molecule has 0 unspecified atom stereocenters. The van der Waals surface area contributed by atoms with Gasteiger partial charge in [-0.2, -0.15) is 0 Å². The van der Waals surface area contributed by atoms with E-state index in [-0.39, 0.29) is 23.8 Å². The monoisotopic (exact) mass is 1070 g/mol. The van der Waals surface area contributed by atoms with E-state index in [0.29, 0.717) is 60.4 Å². The molecule has 10 heteroatoms. The zero-order valence-corrected chi connectivity index (χ0v) is 46.3. The van der Waals surface area contributed by atoms with Gasteiger partial charge in [-0.1, -0.05) is 149 Å². The summed E-state index contributed by atoms with van der Waals surface area (Å²) in [4.78, 5) is 53.1. The van der Waals surface area contributed by atoms with Crippen LogP contribution in [0.3, 0.4) is 0 Å². The van der Waals surface area contributed by atoms with Gasteiger partial charge >= 0.3 is 11.9 Å². The first kappa shape index (κ1) is 59.1. The number of unbranched alkanes of at least 4 members (excludes halogenated alkanes) is 10. The number of ether oxygens (including phenoxy) is 4. The molecule has 1 aliphatic carbocycles. The molecule has 0 atom stereocenters. The van der Waals surface area contributed by atoms with E-state index in [4.69, 9.17) is 18.9 Å². The minimum absolute atomic E-state index is 0.199. The number of esters is 2. The van der Waals surface area contributed by atoms with Crippen molar-refractivity contribution in [2.24, 2.45) is 11.8 Å². The van der Waals surface area contributed by atoms with Crippen LogP contribution in [0.25, 0.3) is 0 Å². The van der Waals surface area contributed by atoms with E-state index in [1.807, 2.05) is 158 Å². The number of nitrogens with one attached hydrogen (secondary N) is 2. The lowest BCUT2D eigenvalue weighted by Crippen LogP contribution is -2.53. The van der Waals surface area contributed by atoms with Crippen molar-refractivity contribution < 1.29 is 38.1 Å². The summed E-state index contributed by atoms with van der Waals surface area (Å²) in [5.41, 5.74) is 7.25. The van der Waals surface area contributed by atoms with Gasteiger partial charge in [0, 0.05) is 56.6 Å². The summed E-state index contributed by atoms with van der Waals surface area (Å²) in [6, 6.07) is 50.3. The summed E-state index contributed by atoms with van der Waals surface area (Å²) in [7, 11) is 0. The molecule has 0 aromatic heterocycles. The fraction of sp³-hybridized carbons (Fsp3) is 0.314. The summed E-state index contributed by atoms with van der Waals surface area (Å²) < 4.78 is 22.8. The molecular weight excluding hydrogens is 997 g/mol. The molecule has 1 saturated carbocycles. The Hall–Kier alpha value is -8.60. The molecule has 0 aliphatic heterocycles. The molecule has 80 heavy (non-hydrogen) atoms. The first-order valence-electron chi connectivity index (χ1n) is 28.1. The van der Waals surface area contributed by atoms with Crippen LogP contribution in [0.4, 0.5) is 11.4 Å². The zero-order chi connectivity index (χ0) is 56.3. The average molecular weight is 1070 g/mol. The lowest BCUT2D eigenvalue weighted by molar-refractivity contribution is -0.139. The Morgan fingerprint density at radius 3 is 1.01 bits per heavy atom. The highest BCUT2D eigenvalue weighted by atomic mass is 16.5. The Morgan fingerprint density at radius 1 is 0.388 bits per heavy atom. The van der Waals surface area contributed by atoms with Gasteiger partial charge in [-0.25, -0.2) is 9.59 Å². The van der Waals surface area contributed by atoms with Crippen molar-refractivity contribution in [3.05, 3.63) is 215 Å². The Balaban J connectivity index is 1.06. The van der Waals surface area contributed by atoms with Gasteiger partial charge in [0.25, 0.3) is 0 Å². The Labute approximate surface area is 473 Å². The van der Waals surface area contributed by atoms with Gasteiger partial charge in [0.2, 0.25) is 11.8 Å². The van der Waals surface area contributed by atoms with Crippen LogP contribution < -0.4 is 20.1 Å². The number of carbonyl (C=O) groups is 4. The molecule has 6 aromatic carbocycles. The van der Waals surface area contributed by atoms with E-state index in [1.54, 1.807) is 13.8 Å². The highest BCUT2D eigenvalue weighted by Crippen LogP contribution is 2.58. The van der Waals surface area contributed by atoms with E-state index < -0.39 is 23.7 Å². The molecule has 0 heterocycles. The second-order valence-corrected chi connectivity index (χ2v) is 20.4. The van der Waals surface area contributed by atoms with E-state index >= 15 is 0 Å². The van der Waals surface area contributed by atoms with E-state index in [1.165, 1.54) is 0 Å². The van der Waals surface area contributed by atoms with Crippen LogP contribution in [-0.4, -0.2) is 50.2 Å². The third-order valence-electron chi connectivity index (χ3n) is 14.0. The number of benzene rings is 6. The molecule has 0 radical (unpaired) electrons. The lowest BCUT2D eigenvalue weighted by atomic mass is 9.52. The number of rotatable bonds is 28. The molecule has 2 N–H and O–H groups in total. The number of hydrogen-bond acceptors (Lipinski definition) is 8. The summed E-state index contributed by atoms with van der Waals surface area (Å²) in [5.74, 6) is 10.9. The highest BCUT2D eigenvalue weighted by Gasteiger charge is 2.58. The minimum atomic E-state index is -0.631. The largest absolute Gasteiger partial charge is 0.494 e. The van der Waals surface area contributed by atoms with Gasteiger partial charge in [-0.05, 0) is 148 Å². The van der Waals surface area contributed by atoms with Crippen LogP contribution in [0.5, 0.6) is 11.5 Å². The third-order valence-corrected chi connectivity index (χ3v) is 14.0. The summed E-state index contributed by atoms with van der Waals surface area (Å²) in [6.45, 7) is 12.5. The van der Waals surface area contributed by atoms with E-state index in [2.05, 4.69) is 47.5 Å². The predicted octanol–water partition coefficient (Wildman–Crippen LogP) is 14.6. The van der Waals surface area contributed by atoms with Gasteiger partial charge in [0.05, 0.1) is 38.3 Å². The second-order valence-electron chi connectivity index (χ2n) is 20.4. The van der Waals surface area contributed by atoms with Crippen molar-refractivity contribution in [3.8, 4) is 35.2 Å². The maximum atomic E-state index is 14.9. The number of amides is 2. The van der Waals surface area contributed by atoms with Gasteiger partial charge < -0.3 is 29.6 Å². The van der Waals surface area contributed by atoms with E-state index in [0.717, 1.165) is 110 Å². The fourth-order valence-electron chi connectivity index (χ4n) is 9.64. The smallest absolute Gasteiger partial charge is 0.333 e. The quantitative estimate of drug-likeness (QED) is 0.0215. The molecular formula is C70H74N2O8. The Kier molecular flexibility index (Phi) is 23.4. The Morgan fingerprint density at radius 2 is 0.688 bits per heavy atom. The summed E-state index contributed by atoms with van der Waals surface area (Å²) >= 11 is 0. The van der Waals surface area contributed by atoms with Gasteiger partial charge in [0.15, 0.2) is 0 Å². The molecule has 10 nitrogen and oxygen atoms in total. The SMILES string of the molecule is C=C(C)C(=O)OCCCCCCCCOc1ccc(C2C(C(=O)Nc3ccc(C#Cc4ccccc4)cc3)C(c3ccc(OCCCCCCCCOC(=O)C(=C)C)cc3)C2C(=O)Nc2ccc(C#Cc3ccccc3)cc2)cc1. The zero-order valence-electron chi connectivity index (χ0n) is 46.3. The number of anilines is 2. The molecule has 7 rings (SSSR count). The minimum Gasteiger partial charge on any atom is -0.494 e. The van der Waals surface area contributed by atoms with Crippen LogP contribution >= 0.6 is 0 Å². The molecule has 2 amide bonds.